The lowest BCUT2D eigenvalue weighted by Gasteiger charge is -2.23. The van der Waals surface area contributed by atoms with Gasteiger partial charge in [0.15, 0.2) is 0 Å². The van der Waals surface area contributed by atoms with Crippen molar-refractivity contribution < 1.29 is 5.11 Å². The van der Waals surface area contributed by atoms with E-state index in [1.54, 1.807) is 0 Å². The largest absolute Gasteiger partial charge is 0.378 e. The van der Waals surface area contributed by atoms with Gasteiger partial charge in [0.25, 0.3) is 0 Å². The molecule has 2 N–H and O–H groups in total. The van der Waals surface area contributed by atoms with Crippen molar-refractivity contribution in [3.05, 3.63) is 35.4 Å². The van der Waals surface area contributed by atoms with E-state index in [9.17, 15) is 5.11 Å². The van der Waals surface area contributed by atoms with Crippen LogP contribution in [0, 0.1) is 0 Å². The van der Waals surface area contributed by atoms with Crippen LogP contribution in [0.5, 0.6) is 0 Å². The number of benzene rings is 1. The van der Waals surface area contributed by atoms with Gasteiger partial charge in [0.05, 0.1) is 0 Å². The van der Waals surface area contributed by atoms with Gasteiger partial charge in [0, 0.05) is 25.6 Å². The Morgan fingerprint density at radius 2 is 2.06 bits per heavy atom. The molecule has 1 aromatic rings. The molecule has 1 heterocycles. The fourth-order valence-electron chi connectivity index (χ4n) is 2.68. The standard InChI is InChI=1S/C15H24N2O/c1-3-12-4-6-13(7-5-12)14-8-10-17(15(14)18)11-9-16-2/h4-7,14-16,18H,3,8-11H2,1-2H3. The summed E-state index contributed by atoms with van der Waals surface area (Å²) in [4.78, 5) is 2.16. The van der Waals surface area contributed by atoms with Gasteiger partial charge in [-0.1, -0.05) is 31.2 Å². The van der Waals surface area contributed by atoms with Gasteiger partial charge in [-0.2, -0.15) is 0 Å². The average molecular weight is 248 g/mol. The van der Waals surface area contributed by atoms with Crippen LogP contribution in [0.2, 0.25) is 0 Å². The van der Waals surface area contributed by atoms with Gasteiger partial charge < -0.3 is 10.4 Å². The highest BCUT2D eigenvalue weighted by Crippen LogP contribution is 2.31. The summed E-state index contributed by atoms with van der Waals surface area (Å²) in [6, 6.07) is 8.71. The lowest BCUT2D eigenvalue weighted by molar-refractivity contribution is 0.0277. The molecule has 0 radical (unpaired) electrons. The molecule has 18 heavy (non-hydrogen) atoms. The first-order valence-corrected chi connectivity index (χ1v) is 6.91. The maximum absolute atomic E-state index is 10.4. The molecule has 0 saturated carbocycles. The Labute approximate surface area is 110 Å². The van der Waals surface area contributed by atoms with E-state index in [4.69, 9.17) is 0 Å². The monoisotopic (exact) mass is 248 g/mol. The minimum Gasteiger partial charge on any atom is -0.378 e. The molecule has 0 amide bonds. The molecule has 1 aliphatic heterocycles. The van der Waals surface area contributed by atoms with Gasteiger partial charge in [-0.25, -0.2) is 0 Å². The molecule has 1 saturated heterocycles. The summed E-state index contributed by atoms with van der Waals surface area (Å²) in [5, 5.41) is 13.5. The third kappa shape index (κ3) is 2.91. The zero-order chi connectivity index (χ0) is 13.0. The molecule has 100 valence electrons. The molecule has 1 aromatic carbocycles. The van der Waals surface area contributed by atoms with E-state index in [-0.39, 0.29) is 12.1 Å². The van der Waals surface area contributed by atoms with E-state index in [0.29, 0.717) is 0 Å². The number of hydrogen-bond acceptors (Lipinski definition) is 3. The maximum atomic E-state index is 10.4. The van der Waals surface area contributed by atoms with E-state index >= 15 is 0 Å². The van der Waals surface area contributed by atoms with Crippen LogP contribution in [0.3, 0.4) is 0 Å². The fraction of sp³-hybridized carbons (Fsp3) is 0.600. The number of aryl methyl sites for hydroxylation is 1. The number of likely N-dealkylation sites (N-methyl/N-ethyl adjacent to an activating group) is 1. The SMILES string of the molecule is CCc1ccc(C2CCN(CCNC)C2O)cc1. The predicted molar refractivity (Wildman–Crippen MR) is 74.7 cm³/mol. The van der Waals surface area contributed by atoms with Crippen molar-refractivity contribution in [1.29, 1.82) is 0 Å². The molecular formula is C15H24N2O. The second kappa shape index (κ2) is 6.32. The van der Waals surface area contributed by atoms with Crippen molar-refractivity contribution in [2.45, 2.75) is 31.9 Å². The zero-order valence-electron chi connectivity index (χ0n) is 11.4. The summed E-state index contributed by atoms with van der Waals surface area (Å²) >= 11 is 0. The molecule has 3 nitrogen and oxygen atoms in total. The van der Waals surface area contributed by atoms with Crippen molar-refractivity contribution in [3.63, 3.8) is 0 Å². The second-order valence-electron chi connectivity index (χ2n) is 5.04. The molecule has 3 heteroatoms. The smallest absolute Gasteiger partial charge is 0.114 e. The summed E-state index contributed by atoms with van der Waals surface area (Å²) in [7, 11) is 1.95. The predicted octanol–water partition coefficient (Wildman–Crippen LogP) is 1.58. The van der Waals surface area contributed by atoms with Crippen LogP contribution in [-0.2, 0) is 6.42 Å². The van der Waals surface area contributed by atoms with Crippen molar-refractivity contribution in [3.8, 4) is 0 Å². The molecule has 2 rings (SSSR count). The molecule has 0 bridgehead atoms. The number of rotatable bonds is 5. The van der Waals surface area contributed by atoms with E-state index in [2.05, 4.69) is 41.4 Å². The van der Waals surface area contributed by atoms with E-state index in [0.717, 1.165) is 32.5 Å². The highest BCUT2D eigenvalue weighted by atomic mass is 16.3. The van der Waals surface area contributed by atoms with Gasteiger partial charge in [-0.05, 0) is 31.0 Å². The normalized spacial score (nSPS) is 24.6. The first-order valence-electron chi connectivity index (χ1n) is 6.91. The highest BCUT2D eigenvalue weighted by Gasteiger charge is 2.32. The van der Waals surface area contributed by atoms with Crippen molar-refractivity contribution in [2.24, 2.45) is 0 Å². The summed E-state index contributed by atoms with van der Waals surface area (Å²) in [5.74, 6) is 0.271. The quantitative estimate of drug-likeness (QED) is 0.830. The van der Waals surface area contributed by atoms with Gasteiger partial charge in [0.2, 0.25) is 0 Å². The van der Waals surface area contributed by atoms with Crippen molar-refractivity contribution in [2.75, 3.05) is 26.7 Å². The number of nitrogens with zero attached hydrogens (tertiary/aromatic N) is 1. The zero-order valence-corrected chi connectivity index (χ0v) is 11.4. The van der Waals surface area contributed by atoms with Crippen molar-refractivity contribution in [1.82, 2.24) is 10.2 Å². The van der Waals surface area contributed by atoms with Crippen LogP contribution in [0.15, 0.2) is 24.3 Å². The van der Waals surface area contributed by atoms with Gasteiger partial charge >= 0.3 is 0 Å². The average Bonchev–Trinajstić information content (AvgIpc) is 2.78. The number of aliphatic hydroxyl groups excluding tert-OH is 1. The van der Waals surface area contributed by atoms with E-state index in [1.165, 1.54) is 11.1 Å². The molecule has 0 spiro atoms. The first kappa shape index (κ1) is 13.5. The molecule has 1 aliphatic rings. The Bertz CT molecular complexity index is 363. The van der Waals surface area contributed by atoms with Crippen LogP contribution < -0.4 is 5.32 Å². The lowest BCUT2D eigenvalue weighted by Crippen LogP contribution is -2.36. The summed E-state index contributed by atoms with van der Waals surface area (Å²) < 4.78 is 0. The molecule has 2 unspecified atom stereocenters. The minimum atomic E-state index is -0.328. The van der Waals surface area contributed by atoms with Gasteiger partial charge in [-0.3, -0.25) is 4.90 Å². The third-order valence-electron chi connectivity index (χ3n) is 3.93. The van der Waals surface area contributed by atoms with Crippen LogP contribution in [0.4, 0.5) is 0 Å². The topological polar surface area (TPSA) is 35.5 Å². The number of aliphatic hydroxyl groups is 1. The number of likely N-dealkylation sites (tertiary alicyclic amines) is 1. The van der Waals surface area contributed by atoms with Crippen molar-refractivity contribution >= 4 is 0 Å². The van der Waals surface area contributed by atoms with Crippen LogP contribution >= 0.6 is 0 Å². The summed E-state index contributed by atoms with van der Waals surface area (Å²) in [6.07, 6.45) is 1.80. The summed E-state index contributed by atoms with van der Waals surface area (Å²) in [6.45, 7) is 5.00. The second-order valence-corrected chi connectivity index (χ2v) is 5.04. The van der Waals surface area contributed by atoms with Crippen LogP contribution in [0.25, 0.3) is 0 Å². The maximum Gasteiger partial charge on any atom is 0.114 e. The molecule has 0 aromatic heterocycles. The van der Waals surface area contributed by atoms with Crippen LogP contribution in [0.1, 0.15) is 30.4 Å². The van der Waals surface area contributed by atoms with E-state index in [1.807, 2.05) is 7.05 Å². The Morgan fingerprint density at radius 3 is 2.67 bits per heavy atom. The lowest BCUT2D eigenvalue weighted by atomic mass is 9.95. The molecule has 0 aliphatic carbocycles. The Balaban J connectivity index is 2.00. The number of nitrogens with one attached hydrogen (secondary N) is 1. The van der Waals surface area contributed by atoms with Gasteiger partial charge in [0.1, 0.15) is 6.23 Å². The Kier molecular flexibility index (Phi) is 4.75. The minimum absolute atomic E-state index is 0.271. The van der Waals surface area contributed by atoms with Crippen LogP contribution in [-0.4, -0.2) is 42.9 Å². The number of hydrogen-bond donors (Lipinski definition) is 2. The molecule has 1 fully saturated rings. The fourth-order valence-corrected chi connectivity index (χ4v) is 2.68. The Morgan fingerprint density at radius 1 is 1.33 bits per heavy atom. The molecule has 2 atom stereocenters. The third-order valence-corrected chi connectivity index (χ3v) is 3.93. The highest BCUT2D eigenvalue weighted by molar-refractivity contribution is 5.27. The van der Waals surface area contributed by atoms with E-state index < -0.39 is 0 Å². The Hall–Kier alpha value is -0.900. The van der Waals surface area contributed by atoms with Gasteiger partial charge in [-0.15, -0.1) is 0 Å². The molecular weight excluding hydrogens is 224 g/mol. The first-order chi connectivity index (χ1) is 8.76. The summed E-state index contributed by atoms with van der Waals surface area (Å²) in [5.41, 5.74) is 2.63.